The summed E-state index contributed by atoms with van der Waals surface area (Å²) in [5.41, 5.74) is 1.79. The molecule has 2 aromatic rings. The molecule has 0 heterocycles. The van der Waals surface area contributed by atoms with E-state index in [2.05, 4.69) is 67.4 Å². The molecule has 0 radical (unpaired) electrons. The predicted octanol–water partition coefficient (Wildman–Crippen LogP) is 7.30. The SMILES string of the molecule is CCCCCCCO[C@]1(N(C)CCCCCC(=O)OC)C[C@H](OCc2ccccc2)C[C@@H]1OCc1ccccc1. The molecule has 40 heavy (non-hydrogen) atoms. The van der Waals surface area contributed by atoms with Gasteiger partial charge in [0.1, 0.15) is 11.8 Å². The number of likely N-dealkylation sites (N-methyl/N-ethyl adjacent to an activating group) is 1. The van der Waals surface area contributed by atoms with Crippen molar-refractivity contribution in [3.8, 4) is 0 Å². The molecule has 3 atom stereocenters. The third-order valence-electron chi connectivity index (χ3n) is 7.97. The van der Waals surface area contributed by atoms with Crippen LogP contribution in [0.5, 0.6) is 0 Å². The van der Waals surface area contributed by atoms with Crippen molar-refractivity contribution in [3.05, 3.63) is 71.8 Å². The van der Waals surface area contributed by atoms with Crippen LogP contribution in [0.2, 0.25) is 0 Å². The maximum atomic E-state index is 11.5. The van der Waals surface area contributed by atoms with Crippen LogP contribution in [0.15, 0.2) is 60.7 Å². The Bertz CT molecular complexity index is 940. The minimum Gasteiger partial charge on any atom is -0.469 e. The van der Waals surface area contributed by atoms with Gasteiger partial charge >= 0.3 is 5.97 Å². The van der Waals surface area contributed by atoms with E-state index in [1.165, 1.54) is 38.4 Å². The molecule has 0 saturated heterocycles. The summed E-state index contributed by atoms with van der Waals surface area (Å²) in [6.07, 6.45) is 10.8. The fraction of sp³-hybridized carbons (Fsp3) is 0.618. The van der Waals surface area contributed by atoms with Crippen LogP contribution >= 0.6 is 0 Å². The number of carbonyl (C=O) groups is 1. The first-order chi connectivity index (χ1) is 19.6. The molecule has 1 saturated carbocycles. The minimum absolute atomic E-state index is 0.0443. The lowest BCUT2D eigenvalue weighted by atomic mass is 10.1. The van der Waals surface area contributed by atoms with Crippen molar-refractivity contribution in [3.63, 3.8) is 0 Å². The van der Waals surface area contributed by atoms with Crippen LogP contribution in [0.1, 0.15) is 88.7 Å². The normalized spacial score (nSPS) is 20.7. The minimum atomic E-state index is -0.552. The smallest absolute Gasteiger partial charge is 0.305 e. The average Bonchev–Trinajstić information content (AvgIpc) is 3.35. The number of hydrogen-bond donors (Lipinski definition) is 0. The van der Waals surface area contributed by atoms with E-state index in [9.17, 15) is 4.79 Å². The molecule has 6 heteroatoms. The van der Waals surface area contributed by atoms with Crippen LogP contribution in [0.4, 0.5) is 0 Å². The molecular formula is C34H51NO5. The Morgan fingerprint density at radius 2 is 1.48 bits per heavy atom. The summed E-state index contributed by atoms with van der Waals surface area (Å²) in [7, 11) is 3.61. The number of benzene rings is 2. The summed E-state index contributed by atoms with van der Waals surface area (Å²) >= 11 is 0. The molecule has 0 unspecified atom stereocenters. The molecule has 1 aliphatic carbocycles. The molecule has 0 N–H and O–H groups in total. The highest BCUT2D eigenvalue weighted by molar-refractivity contribution is 5.68. The molecular weight excluding hydrogens is 502 g/mol. The van der Waals surface area contributed by atoms with E-state index in [1.807, 2.05) is 12.1 Å². The number of rotatable bonds is 20. The Hall–Kier alpha value is -2.25. The second-order valence-corrected chi connectivity index (χ2v) is 11.1. The second kappa shape index (κ2) is 18.2. The first-order valence-corrected chi connectivity index (χ1v) is 15.3. The lowest BCUT2D eigenvalue weighted by Gasteiger charge is -2.43. The Labute approximate surface area is 242 Å². The Kier molecular flexibility index (Phi) is 14.7. The fourth-order valence-electron chi connectivity index (χ4n) is 5.55. The van der Waals surface area contributed by atoms with Crippen LogP contribution in [-0.4, -0.2) is 56.1 Å². The van der Waals surface area contributed by atoms with E-state index >= 15 is 0 Å². The lowest BCUT2D eigenvalue weighted by Crippen LogP contribution is -2.55. The molecule has 0 bridgehead atoms. The standard InChI is InChI=1S/C34H51NO5/c1-4-5-6-7-17-24-40-34(35(2)23-16-10-15-22-33(36)37-3)26-31(38-27-29-18-11-8-12-19-29)25-32(34)39-28-30-20-13-9-14-21-30/h8-9,11-14,18-21,31-32H,4-7,10,15-17,22-28H2,1-3H3/t31-,32+,34-/m1/s1. The van der Waals surface area contributed by atoms with Gasteiger partial charge in [-0.1, -0.05) is 99.7 Å². The predicted molar refractivity (Wildman–Crippen MR) is 160 cm³/mol. The van der Waals surface area contributed by atoms with Gasteiger partial charge in [-0.15, -0.1) is 0 Å². The van der Waals surface area contributed by atoms with Crippen molar-refractivity contribution in [2.24, 2.45) is 0 Å². The quantitative estimate of drug-likeness (QED) is 0.0974. The van der Waals surface area contributed by atoms with Crippen molar-refractivity contribution < 1.29 is 23.7 Å². The van der Waals surface area contributed by atoms with E-state index in [1.54, 1.807) is 0 Å². The van der Waals surface area contributed by atoms with E-state index in [-0.39, 0.29) is 18.2 Å². The molecule has 0 spiro atoms. The molecule has 6 nitrogen and oxygen atoms in total. The van der Waals surface area contributed by atoms with Gasteiger partial charge in [-0.3, -0.25) is 9.69 Å². The summed E-state index contributed by atoms with van der Waals surface area (Å²) < 4.78 is 24.8. The van der Waals surface area contributed by atoms with Crippen molar-refractivity contribution >= 4 is 5.97 Å². The summed E-state index contributed by atoms with van der Waals surface area (Å²) in [6, 6.07) is 20.7. The molecule has 0 aromatic heterocycles. The lowest BCUT2D eigenvalue weighted by molar-refractivity contribution is -0.211. The largest absolute Gasteiger partial charge is 0.469 e. The van der Waals surface area contributed by atoms with Crippen molar-refractivity contribution in [1.82, 2.24) is 4.90 Å². The molecule has 1 aliphatic rings. The van der Waals surface area contributed by atoms with Gasteiger partial charge in [-0.25, -0.2) is 0 Å². The van der Waals surface area contributed by atoms with Crippen LogP contribution in [-0.2, 0) is 37.0 Å². The van der Waals surface area contributed by atoms with Gasteiger partial charge in [0, 0.05) is 32.4 Å². The molecule has 1 fully saturated rings. The first kappa shape index (κ1) is 32.3. The van der Waals surface area contributed by atoms with Gasteiger partial charge in [0.15, 0.2) is 0 Å². The van der Waals surface area contributed by atoms with Gasteiger partial charge in [0.25, 0.3) is 0 Å². The van der Waals surface area contributed by atoms with E-state index in [4.69, 9.17) is 18.9 Å². The zero-order valence-electron chi connectivity index (χ0n) is 25.0. The molecule has 0 aliphatic heterocycles. The number of esters is 1. The third-order valence-corrected chi connectivity index (χ3v) is 7.97. The van der Waals surface area contributed by atoms with Gasteiger partial charge in [0.05, 0.1) is 26.4 Å². The Morgan fingerprint density at radius 1 is 0.850 bits per heavy atom. The number of carbonyl (C=O) groups excluding carboxylic acids is 1. The van der Waals surface area contributed by atoms with Crippen molar-refractivity contribution in [2.75, 3.05) is 27.3 Å². The van der Waals surface area contributed by atoms with Gasteiger partial charge in [0.2, 0.25) is 0 Å². The summed E-state index contributed by atoms with van der Waals surface area (Å²) in [4.78, 5) is 13.9. The molecule has 222 valence electrons. The van der Waals surface area contributed by atoms with Crippen molar-refractivity contribution in [1.29, 1.82) is 0 Å². The first-order valence-electron chi connectivity index (χ1n) is 15.3. The number of methoxy groups -OCH3 is 1. The van der Waals surface area contributed by atoms with Gasteiger partial charge in [-0.2, -0.15) is 0 Å². The summed E-state index contributed by atoms with van der Waals surface area (Å²) in [6.45, 7) is 4.96. The van der Waals surface area contributed by atoms with E-state index in [0.29, 0.717) is 26.2 Å². The van der Waals surface area contributed by atoms with Crippen LogP contribution < -0.4 is 0 Å². The number of ether oxygens (including phenoxy) is 4. The number of hydrogen-bond acceptors (Lipinski definition) is 6. The zero-order chi connectivity index (χ0) is 28.5. The zero-order valence-corrected chi connectivity index (χ0v) is 25.0. The summed E-state index contributed by atoms with van der Waals surface area (Å²) in [5.74, 6) is -0.139. The van der Waals surface area contributed by atoms with E-state index in [0.717, 1.165) is 50.6 Å². The second-order valence-electron chi connectivity index (χ2n) is 11.1. The maximum Gasteiger partial charge on any atom is 0.305 e. The average molecular weight is 554 g/mol. The topological polar surface area (TPSA) is 57.2 Å². The fourth-order valence-corrected chi connectivity index (χ4v) is 5.55. The van der Waals surface area contributed by atoms with Gasteiger partial charge < -0.3 is 18.9 Å². The van der Waals surface area contributed by atoms with E-state index < -0.39 is 5.72 Å². The van der Waals surface area contributed by atoms with Crippen molar-refractivity contribution in [2.45, 2.75) is 109 Å². The Morgan fingerprint density at radius 3 is 2.12 bits per heavy atom. The Balaban J connectivity index is 1.70. The third kappa shape index (κ3) is 10.6. The highest BCUT2D eigenvalue weighted by Crippen LogP contribution is 2.41. The number of nitrogens with zero attached hydrogens (tertiary/aromatic N) is 1. The van der Waals surface area contributed by atoms with Crippen LogP contribution in [0.3, 0.4) is 0 Å². The highest BCUT2D eigenvalue weighted by Gasteiger charge is 2.52. The summed E-state index contributed by atoms with van der Waals surface area (Å²) in [5, 5.41) is 0. The van der Waals surface area contributed by atoms with Crippen LogP contribution in [0, 0.1) is 0 Å². The van der Waals surface area contributed by atoms with Gasteiger partial charge in [-0.05, 0) is 37.4 Å². The van der Waals surface area contributed by atoms with Crippen LogP contribution in [0.25, 0.3) is 0 Å². The molecule has 2 aromatic carbocycles. The number of unbranched alkanes of at least 4 members (excludes halogenated alkanes) is 6. The highest BCUT2D eigenvalue weighted by atomic mass is 16.6. The monoisotopic (exact) mass is 553 g/mol. The molecule has 0 amide bonds. The maximum absolute atomic E-state index is 11.5. The molecule has 3 rings (SSSR count).